The number of carbonyl (C=O) groups is 2. The predicted octanol–water partition coefficient (Wildman–Crippen LogP) is 2.85. The molecule has 7 nitrogen and oxygen atoms in total. The van der Waals surface area contributed by atoms with Gasteiger partial charge in [-0.15, -0.1) is 10.2 Å². The lowest BCUT2D eigenvalue weighted by molar-refractivity contribution is -0.117. The van der Waals surface area contributed by atoms with E-state index in [1.54, 1.807) is 0 Å². The highest BCUT2D eigenvalue weighted by Gasteiger charge is 2.15. The second-order valence-electron chi connectivity index (χ2n) is 6.76. The van der Waals surface area contributed by atoms with Crippen LogP contribution in [0.2, 0.25) is 0 Å². The maximum atomic E-state index is 12.3. The Labute approximate surface area is 173 Å². The number of aryl methyl sites for hydroxylation is 1. The molecule has 1 aromatic heterocycles. The van der Waals surface area contributed by atoms with Gasteiger partial charge >= 0.3 is 0 Å². The molecule has 0 aliphatic rings. The van der Waals surface area contributed by atoms with Crippen molar-refractivity contribution in [3.05, 3.63) is 75.7 Å². The number of nitrogens with zero attached hydrogens (tertiary/aromatic N) is 3. The third kappa shape index (κ3) is 6.48. The minimum absolute atomic E-state index is 0.112. The monoisotopic (exact) mass is 409 g/mol. The molecule has 1 heterocycles. The van der Waals surface area contributed by atoms with Crippen LogP contribution >= 0.6 is 11.3 Å². The highest BCUT2D eigenvalue weighted by atomic mass is 32.1. The van der Waals surface area contributed by atoms with Crippen LogP contribution in [0.4, 0.5) is 5.69 Å². The van der Waals surface area contributed by atoms with Crippen LogP contribution in [0.25, 0.3) is 0 Å². The second kappa shape index (κ2) is 9.90. The number of likely N-dealkylation sites (N-methyl/N-ethyl adjacent to an activating group) is 1. The van der Waals surface area contributed by atoms with Crippen molar-refractivity contribution >= 4 is 28.8 Å². The summed E-state index contributed by atoms with van der Waals surface area (Å²) < 4.78 is 0. The van der Waals surface area contributed by atoms with Gasteiger partial charge in [-0.1, -0.05) is 59.4 Å². The molecule has 2 N–H and O–H groups in total. The van der Waals surface area contributed by atoms with Gasteiger partial charge in [-0.05, 0) is 31.7 Å². The van der Waals surface area contributed by atoms with E-state index in [2.05, 4.69) is 20.8 Å². The molecule has 0 aliphatic heterocycles. The zero-order valence-electron chi connectivity index (χ0n) is 16.4. The maximum Gasteiger partial charge on any atom is 0.282 e. The fourth-order valence-corrected chi connectivity index (χ4v) is 3.46. The van der Waals surface area contributed by atoms with E-state index in [1.807, 2.05) is 73.5 Å². The van der Waals surface area contributed by atoms with E-state index in [1.165, 1.54) is 16.9 Å². The fourth-order valence-electron chi connectivity index (χ4n) is 2.63. The second-order valence-corrected chi connectivity index (χ2v) is 7.82. The molecule has 150 valence electrons. The van der Waals surface area contributed by atoms with Gasteiger partial charge in [0.05, 0.1) is 13.1 Å². The van der Waals surface area contributed by atoms with Crippen molar-refractivity contribution in [2.45, 2.75) is 20.0 Å². The smallest absolute Gasteiger partial charge is 0.282 e. The summed E-state index contributed by atoms with van der Waals surface area (Å²) in [6, 6.07) is 17.3. The Bertz CT molecular complexity index is 957. The van der Waals surface area contributed by atoms with E-state index in [9.17, 15) is 9.59 Å². The van der Waals surface area contributed by atoms with Gasteiger partial charge in [0, 0.05) is 12.2 Å². The van der Waals surface area contributed by atoms with Gasteiger partial charge in [0.1, 0.15) is 5.01 Å². The van der Waals surface area contributed by atoms with Crippen molar-refractivity contribution in [1.29, 1.82) is 0 Å². The third-order valence-corrected chi connectivity index (χ3v) is 5.02. The lowest BCUT2D eigenvalue weighted by Crippen LogP contribution is -2.29. The summed E-state index contributed by atoms with van der Waals surface area (Å²) in [5, 5.41) is 14.7. The number of anilines is 1. The number of hydrogen-bond acceptors (Lipinski definition) is 6. The number of hydrogen-bond donors (Lipinski definition) is 2. The molecule has 0 saturated carbocycles. The van der Waals surface area contributed by atoms with Crippen LogP contribution < -0.4 is 10.6 Å². The molecule has 2 aromatic carbocycles. The molecule has 29 heavy (non-hydrogen) atoms. The molecule has 0 fully saturated rings. The molecule has 0 atom stereocenters. The van der Waals surface area contributed by atoms with Crippen LogP contribution in [0.5, 0.6) is 0 Å². The largest absolute Gasteiger partial charge is 0.346 e. The zero-order valence-corrected chi connectivity index (χ0v) is 17.2. The molecule has 0 aliphatic carbocycles. The third-order valence-electron chi connectivity index (χ3n) is 4.11. The van der Waals surface area contributed by atoms with Gasteiger partial charge < -0.3 is 10.6 Å². The van der Waals surface area contributed by atoms with Crippen molar-refractivity contribution < 1.29 is 9.59 Å². The fraction of sp³-hybridized carbons (Fsp3) is 0.238. The number of carbonyl (C=O) groups excluding carboxylic acids is 2. The molecule has 0 unspecified atom stereocenters. The summed E-state index contributed by atoms with van der Waals surface area (Å²) in [7, 11) is 1.82. The molecule has 8 heteroatoms. The van der Waals surface area contributed by atoms with Crippen LogP contribution in [0, 0.1) is 6.92 Å². The minimum Gasteiger partial charge on any atom is -0.346 e. The Balaban J connectivity index is 1.46. The van der Waals surface area contributed by atoms with E-state index < -0.39 is 0 Å². The van der Waals surface area contributed by atoms with Crippen molar-refractivity contribution in [3.8, 4) is 0 Å². The standard InChI is InChI=1S/C21H23N5O2S/c1-15-8-10-16(11-9-15)12-22-20(28)21-25-24-19(29-21)14-26(2)13-18(27)23-17-6-4-3-5-7-17/h3-11H,12-14H2,1-2H3,(H,22,28)(H,23,27). The van der Waals surface area contributed by atoms with E-state index >= 15 is 0 Å². The lowest BCUT2D eigenvalue weighted by Gasteiger charge is -2.14. The first-order chi connectivity index (χ1) is 14.0. The molecule has 0 saturated heterocycles. The Morgan fingerprint density at radius 3 is 2.48 bits per heavy atom. The highest BCUT2D eigenvalue weighted by Crippen LogP contribution is 2.12. The quantitative estimate of drug-likeness (QED) is 0.597. The van der Waals surface area contributed by atoms with Gasteiger partial charge in [0.15, 0.2) is 0 Å². The molecular weight excluding hydrogens is 386 g/mol. The molecule has 0 bridgehead atoms. The first-order valence-electron chi connectivity index (χ1n) is 9.19. The summed E-state index contributed by atoms with van der Waals surface area (Å²) >= 11 is 1.23. The molecule has 0 radical (unpaired) electrons. The van der Waals surface area contributed by atoms with Crippen molar-refractivity contribution in [3.63, 3.8) is 0 Å². The predicted molar refractivity (Wildman–Crippen MR) is 114 cm³/mol. The lowest BCUT2D eigenvalue weighted by atomic mass is 10.1. The summed E-state index contributed by atoms with van der Waals surface area (Å²) in [6.07, 6.45) is 0. The number of amides is 2. The Hall–Kier alpha value is -3.10. The van der Waals surface area contributed by atoms with Crippen molar-refractivity contribution in [2.75, 3.05) is 18.9 Å². The summed E-state index contributed by atoms with van der Waals surface area (Å²) in [4.78, 5) is 26.2. The van der Waals surface area contributed by atoms with Gasteiger partial charge in [0.25, 0.3) is 5.91 Å². The Kier molecular flexibility index (Phi) is 7.04. The maximum absolute atomic E-state index is 12.3. The number of nitrogens with one attached hydrogen (secondary N) is 2. The van der Waals surface area contributed by atoms with E-state index in [4.69, 9.17) is 0 Å². The van der Waals surface area contributed by atoms with Crippen molar-refractivity contribution in [2.24, 2.45) is 0 Å². The first kappa shape index (κ1) is 20.6. The first-order valence-corrected chi connectivity index (χ1v) is 10.0. The minimum atomic E-state index is -0.251. The van der Waals surface area contributed by atoms with E-state index in [0.717, 1.165) is 11.3 Å². The number of rotatable bonds is 8. The molecular formula is C21H23N5O2S. The Morgan fingerprint density at radius 1 is 1.03 bits per heavy atom. The van der Waals surface area contributed by atoms with Crippen molar-refractivity contribution in [1.82, 2.24) is 20.4 Å². The zero-order chi connectivity index (χ0) is 20.6. The number of para-hydroxylation sites is 1. The normalized spacial score (nSPS) is 10.7. The van der Waals surface area contributed by atoms with Crippen LogP contribution in [0.3, 0.4) is 0 Å². The van der Waals surface area contributed by atoms with Gasteiger partial charge in [-0.25, -0.2) is 0 Å². The Morgan fingerprint density at radius 2 is 1.76 bits per heavy atom. The molecule has 0 spiro atoms. The summed E-state index contributed by atoms with van der Waals surface area (Å²) in [6.45, 7) is 3.11. The molecule has 3 aromatic rings. The SMILES string of the molecule is Cc1ccc(CNC(=O)c2nnc(CN(C)CC(=O)Nc3ccccc3)s2)cc1. The van der Waals surface area contributed by atoms with Crippen LogP contribution in [-0.2, 0) is 17.9 Å². The van der Waals surface area contributed by atoms with Gasteiger partial charge in [0.2, 0.25) is 10.9 Å². The number of aromatic nitrogens is 2. The van der Waals surface area contributed by atoms with Crippen LogP contribution in [0.1, 0.15) is 25.9 Å². The van der Waals surface area contributed by atoms with Gasteiger partial charge in [-0.2, -0.15) is 0 Å². The van der Waals surface area contributed by atoms with Crippen LogP contribution in [-0.4, -0.2) is 40.5 Å². The average molecular weight is 410 g/mol. The highest BCUT2D eigenvalue weighted by molar-refractivity contribution is 7.13. The molecule has 2 amide bonds. The topological polar surface area (TPSA) is 87.2 Å². The van der Waals surface area contributed by atoms with Gasteiger partial charge in [-0.3, -0.25) is 14.5 Å². The molecule has 3 rings (SSSR count). The summed E-state index contributed by atoms with van der Waals surface area (Å²) in [5.41, 5.74) is 2.96. The van der Waals surface area contributed by atoms with Crippen LogP contribution in [0.15, 0.2) is 54.6 Å². The van der Waals surface area contributed by atoms with E-state index in [0.29, 0.717) is 23.1 Å². The summed E-state index contributed by atoms with van der Waals surface area (Å²) in [5.74, 6) is -0.363. The average Bonchev–Trinajstić information content (AvgIpc) is 3.16. The number of benzene rings is 2. The van der Waals surface area contributed by atoms with E-state index in [-0.39, 0.29) is 18.4 Å².